The molecule has 0 aliphatic carbocycles. The first-order valence-electron chi connectivity index (χ1n) is 9.05. The van der Waals surface area contributed by atoms with Crippen LogP contribution in [0.1, 0.15) is 13.3 Å². The van der Waals surface area contributed by atoms with Crippen molar-refractivity contribution in [2.75, 3.05) is 11.1 Å². The van der Waals surface area contributed by atoms with Gasteiger partial charge in [0.1, 0.15) is 5.75 Å². The number of hydrogen-bond acceptors (Lipinski definition) is 5. The van der Waals surface area contributed by atoms with E-state index in [2.05, 4.69) is 15.0 Å². The number of ether oxygens (including phenoxy) is 1. The first kappa shape index (κ1) is 22.0. The summed E-state index contributed by atoms with van der Waals surface area (Å²) in [6.07, 6.45) is 0.741. The lowest BCUT2D eigenvalue weighted by Crippen LogP contribution is -2.24. The molecule has 158 valence electrons. The molecule has 0 unspecified atom stereocenters. The predicted molar refractivity (Wildman–Crippen MR) is 114 cm³/mol. The Bertz CT molecular complexity index is 1120. The fraction of sp³-hybridized carbons (Fsp3) is 0.250. The van der Waals surface area contributed by atoms with E-state index in [1.807, 2.05) is 6.92 Å². The van der Waals surface area contributed by atoms with E-state index in [4.69, 9.17) is 11.6 Å². The van der Waals surface area contributed by atoms with E-state index in [9.17, 15) is 18.4 Å². The van der Waals surface area contributed by atoms with Crippen molar-refractivity contribution in [1.29, 1.82) is 0 Å². The molecule has 0 bridgehead atoms. The number of fused-ring (bicyclic) bond motifs is 1. The molecular weight excluding hydrogens is 436 g/mol. The monoisotopic (exact) mass is 453 g/mol. The highest BCUT2D eigenvalue weighted by molar-refractivity contribution is 7.99. The molecule has 0 fully saturated rings. The van der Waals surface area contributed by atoms with Crippen molar-refractivity contribution in [3.05, 3.63) is 57.8 Å². The number of aromatic nitrogens is 2. The van der Waals surface area contributed by atoms with Gasteiger partial charge in [0.2, 0.25) is 5.91 Å². The Morgan fingerprint density at radius 1 is 1.30 bits per heavy atom. The van der Waals surface area contributed by atoms with Crippen LogP contribution in [0.2, 0.25) is 5.02 Å². The average molecular weight is 454 g/mol. The summed E-state index contributed by atoms with van der Waals surface area (Å²) in [6.45, 7) is -0.551. The Morgan fingerprint density at radius 2 is 2.07 bits per heavy atom. The number of hydrogen-bond donors (Lipinski definition) is 1. The molecule has 0 saturated carbocycles. The fourth-order valence-electron chi connectivity index (χ4n) is 2.78. The van der Waals surface area contributed by atoms with Crippen LogP contribution in [0.5, 0.6) is 5.75 Å². The molecule has 0 saturated heterocycles. The number of anilines is 1. The Balaban J connectivity index is 1.73. The summed E-state index contributed by atoms with van der Waals surface area (Å²) in [5.74, 6) is -0.534. The Labute approximate surface area is 180 Å². The second-order valence-electron chi connectivity index (χ2n) is 6.23. The zero-order valence-electron chi connectivity index (χ0n) is 15.9. The molecule has 3 aromatic rings. The van der Waals surface area contributed by atoms with Crippen LogP contribution in [0, 0.1) is 0 Å². The summed E-state index contributed by atoms with van der Waals surface area (Å²) in [5, 5.41) is 3.57. The summed E-state index contributed by atoms with van der Waals surface area (Å²) in [7, 11) is 0. The number of para-hydroxylation sites is 1. The zero-order valence-corrected chi connectivity index (χ0v) is 17.5. The number of nitrogens with zero attached hydrogens (tertiary/aromatic N) is 2. The number of carbonyl (C=O) groups is 1. The molecule has 6 nitrogen and oxygen atoms in total. The molecule has 30 heavy (non-hydrogen) atoms. The number of benzene rings is 2. The molecule has 1 N–H and O–H groups in total. The van der Waals surface area contributed by atoms with Gasteiger partial charge in [-0.1, -0.05) is 42.4 Å². The molecule has 2 aromatic carbocycles. The maximum atomic E-state index is 12.7. The van der Waals surface area contributed by atoms with E-state index in [0.717, 1.165) is 18.2 Å². The van der Waals surface area contributed by atoms with E-state index in [1.165, 1.54) is 18.2 Å². The predicted octanol–water partition coefficient (Wildman–Crippen LogP) is 4.79. The molecular formula is C20H18ClF2N3O3S. The molecule has 0 aliphatic rings. The summed E-state index contributed by atoms with van der Waals surface area (Å²) in [6, 6.07) is 11.0. The molecule has 0 atom stereocenters. The second-order valence-corrected chi connectivity index (χ2v) is 7.58. The zero-order chi connectivity index (χ0) is 21.7. The van der Waals surface area contributed by atoms with Gasteiger partial charge < -0.3 is 10.1 Å². The Kier molecular flexibility index (Phi) is 7.28. The molecule has 1 aromatic heterocycles. The molecule has 1 heterocycles. The topological polar surface area (TPSA) is 73.2 Å². The average Bonchev–Trinajstić information content (AvgIpc) is 2.71. The summed E-state index contributed by atoms with van der Waals surface area (Å²) >= 11 is 7.04. The van der Waals surface area contributed by atoms with Crippen molar-refractivity contribution in [3.63, 3.8) is 0 Å². The van der Waals surface area contributed by atoms with Crippen molar-refractivity contribution in [3.8, 4) is 5.75 Å². The highest BCUT2D eigenvalue weighted by Gasteiger charge is 2.14. The first-order valence-corrected chi connectivity index (χ1v) is 10.4. The summed E-state index contributed by atoms with van der Waals surface area (Å²) in [5.41, 5.74) is 0.760. The van der Waals surface area contributed by atoms with Crippen LogP contribution < -0.4 is 15.6 Å². The van der Waals surface area contributed by atoms with Crippen molar-refractivity contribution < 1.29 is 18.3 Å². The Hall–Kier alpha value is -2.65. The number of nitrogens with one attached hydrogen (secondary N) is 1. The number of halogens is 3. The van der Waals surface area contributed by atoms with Gasteiger partial charge in [0.25, 0.3) is 5.56 Å². The van der Waals surface area contributed by atoms with Gasteiger partial charge in [0.15, 0.2) is 5.16 Å². The van der Waals surface area contributed by atoms with Gasteiger partial charge in [-0.2, -0.15) is 8.78 Å². The van der Waals surface area contributed by atoms with Gasteiger partial charge in [-0.05, 0) is 36.8 Å². The fourth-order valence-corrected chi connectivity index (χ4v) is 3.83. The van der Waals surface area contributed by atoms with Crippen molar-refractivity contribution in [2.45, 2.75) is 31.7 Å². The van der Waals surface area contributed by atoms with Gasteiger partial charge in [-0.25, -0.2) is 4.98 Å². The standard InChI is InChI=1S/C20H18ClF2N3O3S/c1-2-9-26-18(28)13-5-3-4-6-15(13)25-20(26)30-11-17(27)24-12-7-8-16(14(21)10-12)29-19(22)23/h3-8,10,19H,2,9,11H2,1H3,(H,24,27). The Morgan fingerprint density at radius 3 is 2.77 bits per heavy atom. The van der Waals surface area contributed by atoms with Crippen molar-refractivity contribution in [1.82, 2.24) is 9.55 Å². The number of carbonyl (C=O) groups excluding carboxylic acids is 1. The number of alkyl halides is 2. The minimum Gasteiger partial charge on any atom is -0.433 e. The van der Waals surface area contributed by atoms with Gasteiger partial charge in [0, 0.05) is 12.2 Å². The van der Waals surface area contributed by atoms with Crippen LogP contribution in [0.25, 0.3) is 10.9 Å². The van der Waals surface area contributed by atoms with Crippen LogP contribution in [0.15, 0.2) is 52.4 Å². The van der Waals surface area contributed by atoms with Crippen molar-refractivity contribution >= 4 is 45.9 Å². The second kappa shape index (κ2) is 9.90. The van der Waals surface area contributed by atoms with E-state index < -0.39 is 6.61 Å². The van der Waals surface area contributed by atoms with Crippen LogP contribution in [0.4, 0.5) is 14.5 Å². The quantitative estimate of drug-likeness (QED) is 0.392. The molecule has 10 heteroatoms. The number of thioether (sulfide) groups is 1. The minimum atomic E-state index is -2.99. The van der Waals surface area contributed by atoms with Crippen LogP contribution >= 0.6 is 23.4 Å². The van der Waals surface area contributed by atoms with Gasteiger partial charge in [-0.15, -0.1) is 0 Å². The van der Waals surface area contributed by atoms with Crippen LogP contribution in [-0.4, -0.2) is 27.8 Å². The highest BCUT2D eigenvalue weighted by Crippen LogP contribution is 2.29. The lowest BCUT2D eigenvalue weighted by Gasteiger charge is -2.12. The van der Waals surface area contributed by atoms with E-state index in [-0.39, 0.29) is 28.0 Å². The molecule has 0 aliphatic heterocycles. The molecule has 3 rings (SSSR count). The number of rotatable bonds is 8. The van der Waals surface area contributed by atoms with E-state index in [0.29, 0.717) is 28.3 Å². The molecule has 0 radical (unpaired) electrons. The lowest BCUT2D eigenvalue weighted by molar-refractivity contribution is -0.113. The van der Waals surface area contributed by atoms with Gasteiger partial charge in [0.05, 0.1) is 21.7 Å². The third kappa shape index (κ3) is 5.28. The lowest BCUT2D eigenvalue weighted by atomic mass is 10.2. The maximum Gasteiger partial charge on any atom is 0.387 e. The van der Waals surface area contributed by atoms with Gasteiger partial charge >= 0.3 is 6.61 Å². The molecule has 1 amide bonds. The van der Waals surface area contributed by atoms with Crippen LogP contribution in [0.3, 0.4) is 0 Å². The molecule has 0 spiro atoms. The first-order chi connectivity index (χ1) is 14.4. The van der Waals surface area contributed by atoms with Crippen LogP contribution in [-0.2, 0) is 11.3 Å². The normalized spacial score (nSPS) is 11.1. The summed E-state index contributed by atoms with van der Waals surface area (Å²) in [4.78, 5) is 29.6. The number of amides is 1. The third-order valence-corrected chi connectivity index (χ3v) is 5.31. The minimum absolute atomic E-state index is 0.00139. The third-order valence-electron chi connectivity index (χ3n) is 4.04. The largest absolute Gasteiger partial charge is 0.433 e. The SMILES string of the molecule is CCCn1c(SCC(=O)Nc2ccc(OC(F)F)c(Cl)c2)nc2ccccc2c1=O. The van der Waals surface area contributed by atoms with E-state index >= 15 is 0 Å². The smallest absolute Gasteiger partial charge is 0.387 e. The summed E-state index contributed by atoms with van der Waals surface area (Å²) < 4.78 is 30.4. The van der Waals surface area contributed by atoms with Gasteiger partial charge in [-0.3, -0.25) is 14.2 Å². The highest BCUT2D eigenvalue weighted by atomic mass is 35.5. The maximum absolute atomic E-state index is 12.7. The van der Waals surface area contributed by atoms with E-state index in [1.54, 1.807) is 28.8 Å². The van der Waals surface area contributed by atoms with Crippen molar-refractivity contribution in [2.24, 2.45) is 0 Å².